The van der Waals surface area contributed by atoms with Gasteiger partial charge in [0.05, 0.1) is 5.69 Å². The standard InChI is InChI=1S/C9H13NO2/c1-3-10-7-4-5-8(11)6(2)9(7)12/h4-5,10-12H,3H2,1-2H3. The summed E-state index contributed by atoms with van der Waals surface area (Å²) in [7, 11) is 0. The largest absolute Gasteiger partial charge is 0.508 e. The molecule has 0 heterocycles. The molecule has 0 aliphatic carbocycles. The molecule has 0 saturated carbocycles. The number of anilines is 1. The summed E-state index contributed by atoms with van der Waals surface area (Å²) < 4.78 is 0. The van der Waals surface area contributed by atoms with Crippen LogP contribution in [0.1, 0.15) is 12.5 Å². The van der Waals surface area contributed by atoms with Gasteiger partial charge in [-0.3, -0.25) is 0 Å². The molecule has 0 unspecified atom stereocenters. The van der Waals surface area contributed by atoms with Crippen molar-refractivity contribution in [2.45, 2.75) is 13.8 Å². The third-order valence-corrected chi connectivity index (χ3v) is 1.77. The third-order valence-electron chi connectivity index (χ3n) is 1.77. The first-order chi connectivity index (χ1) is 5.66. The Kier molecular flexibility index (Phi) is 2.43. The van der Waals surface area contributed by atoms with E-state index in [4.69, 9.17) is 0 Å². The van der Waals surface area contributed by atoms with Gasteiger partial charge in [-0.15, -0.1) is 0 Å². The summed E-state index contributed by atoms with van der Waals surface area (Å²) in [6, 6.07) is 3.22. The van der Waals surface area contributed by atoms with E-state index in [-0.39, 0.29) is 11.5 Å². The molecule has 3 N–H and O–H groups in total. The van der Waals surface area contributed by atoms with Crippen molar-refractivity contribution in [2.24, 2.45) is 0 Å². The Bertz CT molecular complexity index is 284. The monoisotopic (exact) mass is 167 g/mol. The van der Waals surface area contributed by atoms with Crippen LogP contribution in [0, 0.1) is 6.92 Å². The molecule has 3 nitrogen and oxygen atoms in total. The van der Waals surface area contributed by atoms with Crippen LogP contribution in [-0.4, -0.2) is 16.8 Å². The topological polar surface area (TPSA) is 52.5 Å². The summed E-state index contributed by atoms with van der Waals surface area (Å²) in [5, 5.41) is 21.7. The Labute approximate surface area is 71.7 Å². The molecule has 1 aromatic rings. The molecular weight excluding hydrogens is 154 g/mol. The minimum Gasteiger partial charge on any atom is -0.508 e. The van der Waals surface area contributed by atoms with E-state index in [0.717, 1.165) is 6.54 Å². The predicted molar refractivity (Wildman–Crippen MR) is 48.7 cm³/mol. The van der Waals surface area contributed by atoms with Crippen LogP contribution < -0.4 is 5.32 Å². The molecule has 0 aliphatic heterocycles. The van der Waals surface area contributed by atoms with Gasteiger partial charge in [0.1, 0.15) is 11.5 Å². The number of phenols is 2. The number of hydrogen-bond donors (Lipinski definition) is 3. The highest BCUT2D eigenvalue weighted by atomic mass is 16.3. The molecule has 12 heavy (non-hydrogen) atoms. The van der Waals surface area contributed by atoms with E-state index in [1.54, 1.807) is 19.1 Å². The Morgan fingerprint density at radius 1 is 1.33 bits per heavy atom. The van der Waals surface area contributed by atoms with Crippen LogP contribution in [0.15, 0.2) is 12.1 Å². The smallest absolute Gasteiger partial charge is 0.145 e. The van der Waals surface area contributed by atoms with E-state index in [2.05, 4.69) is 5.32 Å². The SMILES string of the molecule is CCNc1ccc(O)c(C)c1O. The summed E-state index contributed by atoms with van der Waals surface area (Å²) in [5.41, 5.74) is 1.17. The van der Waals surface area contributed by atoms with Crippen LogP contribution in [0.4, 0.5) is 5.69 Å². The summed E-state index contributed by atoms with van der Waals surface area (Å²) in [5.74, 6) is 0.242. The van der Waals surface area contributed by atoms with Crippen molar-refractivity contribution in [3.63, 3.8) is 0 Å². The zero-order valence-corrected chi connectivity index (χ0v) is 7.26. The molecule has 0 radical (unpaired) electrons. The maximum atomic E-state index is 9.49. The molecule has 0 aliphatic rings. The first kappa shape index (κ1) is 8.71. The normalized spacial score (nSPS) is 9.83. The Morgan fingerprint density at radius 2 is 2.00 bits per heavy atom. The molecule has 1 rings (SSSR count). The van der Waals surface area contributed by atoms with Gasteiger partial charge in [-0.1, -0.05) is 0 Å². The molecule has 0 bridgehead atoms. The van der Waals surface area contributed by atoms with Crippen LogP contribution >= 0.6 is 0 Å². The van der Waals surface area contributed by atoms with Gasteiger partial charge < -0.3 is 15.5 Å². The Balaban J connectivity index is 3.08. The molecule has 3 heteroatoms. The number of benzene rings is 1. The third kappa shape index (κ3) is 1.44. The summed E-state index contributed by atoms with van der Waals surface area (Å²) in [6.07, 6.45) is 0. The fraction of sp³-hybridized carbons (Fsp3) is 0.333. The van der Waals surface area contributed by atoms with Gasteiger partial charge in [-0.2, -0.15) is 0 Å². The molecule has 0 aromatic heterocycles. The lowest BCUT2D eigenvalue weighted by Crippen LogP contribution is -1.97. The van der Waals surface area contributed by atoms with E-state index in [1.165, 1.54) is 0 Å². The first-order valence-electron chi connectivity index (χ1n) is 3.92. The average Bonchev–Trinajstić information content (AvgIpc) is 2.07. The summed E-state index contributed by atoms with van der Waals surface area (Å²) in [6.45, 7) is 4.37. The Morgan fingerprint density at radius 3 is 2.58 bits per heavy atom. The molecule has 0 saturated heterocycles. The summed E-state index contributed by atoms with van der Waals surface area (Å²) in [4.78, 5) is 0. The van der Waals surface area contributed by atoms with Gasteiger partial charge in [-0.05, 0) is 26.0 Å². The lowest BCUT2D eigenvalue weighted by molar-refractivity contribution is 0.444. The quantitative estimate of drug-likeness (QED) is 0.465. The maximum Gasteiger partial charge on any atom is 0.145 e. The summed E-state index contributed by atoms with van der Waals surface area (Å²) >= 11 is 0. The van der Waals surface area contributed by atoms with Crippen molar-refractivity contribution in [1.29, 1.82) is 0 Å². The van der Waals surface area contributed by atoms with Crippen LogP contribution in [-0.2, 0) is 0 Å². The lowest BCUT2D eigenvalue weighted by atomic mass is 10.1. The van der Waals surface area contributed by atoms with Crippen molar-refractivity contribution >= 4 is 5.69 Å². The van der Waals surface area contributed by atoms with Gasteiger partial charge in [0.25, 0.3) is 0 Å². The van der Waals surface area contributed by atoms with Gasteiger partial charge in [0.2, 0.25) is 0 Å². The van der Waals surface area contributed by atoms with Gasteiger partial charge in [0, 0.05) is 12.1 Å². The molecule has 0 atom stereocenters. The van der Waals surface area contributed by atoms with E-state index < -0.39 is 0 Å². The molecule has 0 spiro atoms. The van der Waals surface area contributed by atoms with Crippen LogP contribution in [0.5, 0.6) is 11.5 Å². The highest BCUT2D eigenvalue weighted by Gasteiger charge is 2.06. The van der Waals surface area contributed by atoms with Gasteiger partial charge >= 0.3 is 0 Å². The number of nitrogens with one attached hydrogen (secondary N) is 1. The number of hydrogen-bond acceptors (Lipinski definition) is 3. The molecule has 66 valence electrons. The van der Waals surface area contributed by atoms with Crippen molar-refractivity contribution in [3.05, 3.63) is 17.7 Å². The van der Waals surface area contributed by atoms with E-state index in [9.17, 15) is 10.2 Å². The highest BCUT2D eigenvalue weighted by Crippen LogP contribution is 2.32. The van der Waals surface area contributed by atoms with E-state index in [0.29, 0.717) is 11.3 Å². The minimum atomic E-state index is 0.120. The lowest BCUT2D eigenvalue weighted by Gasteiger charge is -2.08. The second-order valence-corrected chi connectivity index (χ2v) is 2.64. The highest BCUT2D eigenvalue weighted by molar-refractivity contribution is 5.62. The average molecular weight is 167 g/mol. The van der Waals surface area contributed by atoms with Gasteiger partial charge in [-0.25, -0.2) is 0 Å². The van der Waals surface area contributed by atoms with E-state index >= 15 is 0 Å². The zero-order chi connectivity index (χ0) is 9.14. The van der Waals surface area contributed by atoms with Crippen molar-refractivity contribution < 1.29 is 10.2 Å². The zero-order valence-electron chi connectivity index (χ0n) is 7.26. The second kappa shape index (κ2) is 3.34. The first-order valence-corrected chi connectivity index (χ1v) is 3.92. The van der Waals surface area contributed by atoms with Crippen LogP contribution in [0.3, 0.4) is 0 Å². The minimum absolute atomic E-state index is 0.120. The number of aromatic hydroxyl groups is 2. The van der Waals surface area contributed by atoms with Crippen molar-refractivity contribution in [2.75, 3.05) is 11.9 Å². The molecule has 1 aromatic carbocycles. The number of rotatable bonds is 2. The van der Waals surface area contributed by atoms with Crippen LogP contribution in [0.2, 0.25) is 0 Å². The van der Waals surface area contributed by atoms with Crippen molar-refractivity contribution in [3.8, 4) is 11.5 Å². The predicted octanol–water partition coefficient (Wildman–Crippen LogP) is 1.84. The molecule has 0 fully saturated rings. The maximum absolute atomic E-state index is 9.49. The molecule has 0 amide bonds. The fourth-order valence-electron chi connectivity index (χ4n) is 1.02. The van der Waals surface area contributed by atoms with Gasteiger partial charge in [0.15, 0.2) is 0 Å². The number of phenolic OH excluding ortho intramolecular Hbond substituents is 2. The van der Waals surface area contributed by atoms with Crippen molar-refractivity contribution in [1.82, 2.24) is 0 Å². The molecular formula is C9H13NO2. The van der Waals surface area contributed by atoms with E-state index in [1.807, 2.05) is 6.92 Å². The van der Waals surface area contributed by atoms with Crippen LogP contribution in [0.25, 0.3) is 0 Å². The second-order valence-electron chi connectivity index (χ2n) is 2.64. The fourth-order valence-corrected chi connectivity index (χ4v) is 1.02. The Hall–Kier alpha value is -1.38.